The minimum Gasteiger partial charge on any atom is -0.302 e. The summed E-state index contributed by atoms with van der Waals surface area (Å²) in [6.45, 7) is 1.69. The molecular formula is C15H16ClN3O. The number of fused-ring (bicyclic) bond motifs is 1. The van der Waals surface area contributed by atoms with Gasteiger partial charge >= 0.3 is 0 Å². The van der Waals surface area contributed by atoms with Gasteiger partial charge in [0.05, 0.1) is 5.52 Å². The van der Waals surface area contributed by atoms with Gasteiger partial charge in [-0.05, 0) is 37.7 Å². The Hall–Kier alpha value is -1.78. The number of hydrogen-bond acceptors (Lipinski definition) is 2. The number of amides is 1. The molecule has 1 aliphatic heterocycles. The number of halogens is 1. The van der Waals surface area contributed by atoms with Crippen molar-refractivity contribution in [2.45, 2.75) is 6.42 Å². The van der Waals surface area contributed by atoms with E-state index in [4.69, 9.17) is 11.6 Å². The summed E-state index contributed by atoms with van der Waals surface area (Å²) in [6.07, 6.45) is 4.77. The second-order valence-electron chi connectivity index (χ2n) is 5.09. The van der Waals surface area contributed by atoms with Crippen LogP contribution >= 0.6 is 11.6 Å². The molecule has 1 N–H and O–H groups in total. The van der Waals surface area contributed by atoms with Gasteiger partial charge in [0, 0.05) is 35.3 Å². The molecule has 0 saturated carbocycles. The third-order valence-electron chi connectivity index (χ3n) is 3.51. The summed E-state index contributed by atoms with van der Waals surface area (Å²) in [4.78, 5) is 14.4. The van der Waals surface area contributed by atoms with Crippen molar-refractivity contribution in [3.05, 3.63) is 47.1 Å². The molecule has 4 nitrogen and oxygen atoms in total. The first-order valence-electron chi connectivity index (χ1n) is 6.59. The molecule has 5 heteroatoms. The number of hydrogen-bond donors (Lipinski definition) is 1. The lowest BCUT2D eigenvalue weighted by Gasteiger charge is -2.22. The molecule has 2 heterocycles. The van der Waals surface area contributed by atoms with E-state index >= 15 is 0 Å². The summed E-state index contributed by atoms with van der Waals surface area (Å²) in [5.41, 5.74) is 4.67. The summed E-state index contributed by atoms with van der Waals surface area (Å²) in [5.74, 6) is -0.0519. The molecule has 1 aromatic carbocycles. The SMILES string of the molecule is CN1CCC=C(C(=O)Nn2ccc3cc(Cl)ccc32)C1. The lowest BCUT2D eigenvalue weighted by Crippen LogP contribution is -2.33. The molecule has 20 heavy (non-hydrogen) atoms. The zero-order chi connectivity index (χ0) is 14.1. The molecule has 0 spiro atoms. The van der Waals surface area contributed by atoms with Crippen LogP contribution in [0.3, 0.4) is 0 Å². The Bertz CT molecular complexity index is 689. The van der Waals surface area contributed by atoms with Crippen LogP contribution in [0, 0.1) is 0 Å². The topological polar surface area (TPSA) is 37.3 Å². The second-order valence-corrected chi connectivity index (χ2v) is 5.52. The molecule has 0 fully saturated rings. The van der Waals surface area contributed by atoms with Crippen molar-refractivity contribution in [2.75, 3.05) is 25.6 Å². The molecule has 1 amide bonds. The number of aromatic nitrogens is 1. The van der Waals surface area contributed by atoms with Crippen LogP contribution in [0.25, 0.3) is 10.9 Å². The van der Waals surface area contributed by atoms with Gasteiger partial charge < -0.3 is 4.90 Å². The predicted molar refractivity (Wildman–Crippen MR) is 81.5 cm³/mol. The van der Waals surface area contributed by atoms with Gasteiger partial charge in [0.2, 0.25) is 0 Å². The van der Waals surface area contributed by atoms with E-state index in [1.807, 2.05) is 43.6 Å². The average Bonchev–Trinajstić information content (AvgIpc) is 2.81. The lowest BCUT2D eigenvalue weighted by atomic mass is 10.1. The van der Waals surface area contributed by atoms with E-state index in [9.17, 15) is 4.79 Å². The fourth-order valence-corrected chi connectivity index (χ4v) is 2.63. The summed E-state index contributed by atoms with van der Waals surface area (Å²) >= 11 is 5.96. The van der Waals surface area contributed by atoms with Crippen LogP contribution in [-0.2, 0) is 4.79 Å². The van der Waals surface area contributed by atoms with Crippen molar-refractivity contribution in [2.24, 2.45) is 0 Å². The molecule has 104 valence electrons. The van der Waals surface area contributed by atoms with Crippen LogP contribution < -0.4 is 5.43 Å². The molecule has 0 saturated heterocycles. The molecule has 0 radical (unpaired) electrons. The van der Waals surface area contributed by atoms with Crippen molar-refractivity contribution in [3.8, 4) is 0 Å². The molecule has 3 rings (SSSR count). The largest absolute Gasteiger partial charge is 0.302 e. The van der Waals surface area contributed by atoms with Crippen molar-refractivity contribution < 1.29 is 4.79 Å². The van der Waals surface area contributed by atoms with E-state index in [0.29, 0.717) is 11.6 Å². The highest BCUT2D eigenvalue weighted by Crippen LogP contribution is 2.20. The van der Waals surface area contributed by atoms with Gasteiger partial charge in [-0.1, -0.05) is 17.7 Å². The number of rotatable bonds is 2. The van der Waals surface area contributed by atoms with Crippen LogP contribution in [0.5, 0.6) is 0 Å². The molecule has 0 bridgehead atoms. The summed E-state index contributed by atoms with van der Waals surface area (Å²) in [5, 5.41) is 1.70. The second kappa shape index (κ2) is 5.31. The van der Waals surface area contributed by atoms with Gasteiger partial charge in [-0.3, -0.25) is 14.9 Å². The van der Waals surface area contributed by atoms with Crippen molar-refractivity contribution in [1.29, 1.82) is 0 Å². The number of carbonyl (C=O) groups is 1. The highest BCUT2D eigenvalue weighted by molar-refractivity contribution is 6.31. The van der Waals surface area contributed by atoms with E-state index in [-0.39, 0.29) is 5.91 Å². The Labute approximate surface area is 122 Å². The standard InChI is InChI=1S/C15H16ClN3O/c1-18-7-2-3-12(10-18)15(20)17-19-8-6-11-9-13(16)4-5-14(11)19/h3-6,8-9H,2,7,10H2,1H3,(H,17,20). The van der Waals surface area contributed by atoms with Gasteiger partial charge in [0.15, 0.2) is 0 Å². The van der Waals surface area contributed by atoms with Crippen LogP contribution in [0.15, 0.2) is 42.1 Å². The highest BCUT2D eigenvalue weighted by Gasteiger charge is 2.16. The summed E-state index contributed by atoms with van der Waals surface area (Å²) in [6, 6.07) is 7.54. The lowest BCUT2D eigenvalue weighted by molar-refractivity contribution is -0.114. The molecule has 0 atom stereocenters. The van der Waals surface area contributed by atoms with E-state index in [0.717, 1.165) is 29.4 Å². The van der Waals surface area contributed by atoms with Crippen LogP contribution in [0.4, 0.5) is 0 Å². The zero-order valence-electron chi connectivity index (χ0n) is 11.3. The van der Waals surface area contributed by atoms with Crippen molar-refractivity contribution in [3.63, 3.8) is 0 Å². The van der Waals surface area contributed by atoms with Gasteiger partial charge in [0.25, 0.3) is 5.91 Å². The van der Waals surface area contributed by atoms with E-state index in [1.165, 1.54) is 0 Å². The Balaban J connectivity index is 1.82. The molecule has 2 aromatic rings. The van der Waals surface area contributed by atoms with Crippen LogP contribution in [-0.4, -0.2) is 35.6 Å². The van der Waals surface area contributed by atoms with E-state index < -0.39 is 0 Å². The number of benzene rings is 1. The smallest absolute Gasteiger partial charge is 0.267 e. The Morgan fingerprint density at radius 2 is 2.20 bits per heavy atom. The van der Waals surface area contributed by atoms with Crippen molar-refractivity contribution >= 4 is 28.4 Å². The van der Waals surface area contributed by atoms with Gasteiger partial charge in [-0.15, -0.1) is 0 Å². The number of carbonyl (C=O) groups excluding carboxylic acids is 1. The fraction of sp³-hybridized carbons (Fsp3) is 0.267. The average molecular weight is 290 g/mol. The quantitative estimate of drug-likeness (QED) is 0.923. The van der Waals surface area contributed by atoms with Gasteiger partial charge in [-0.2, -0.15) is 0 Å². The first kappa shape index (κ1) is 13.2. The predicted octanol–water partition coefficient (Wildman–Crippen LogP) is 2.63. The Morgan fingerprint density at radius 1 is 1.35 bits per heavy atom. The maximum Gasteiger partial charge on any atom is 0.267 e. The summed E-state index contributed by atoms with van der Waals surface area (Å²) < 4.78 is 1.74. The third kappa shape index (κ3) is 2.57. The fourth-order valence-electron chi connectivity index (χ4n) is 2.45. The highest BCUT2D eigenvalue weighted by atomic mass is 35.5. The van der Waals surface area contributed by atoms with Crippen LogP contribution in [0.2, 0.25) is 5.02 Å². The normalized spacial score (nSPS) is 16.2. The van der Waals surface area contributed by atoms with Crippen molar-refractivity contribution in [1.82, 2.24) is 9.58 Å². The zero-order valence-corrected chi connectivity index (χ0v) is 12.0. The molecular weight excluding hydrogens is 274 g/mol. The van der Waals surface area contributed by atoms with E-state index in [1.54, 1.807) is 4.68 Å². The first-order valence-corrected chi connectivity index (χ1v) is 6.97. The minimum atomic E-state index is -0.0519. The van der Waals surface area contributed by atoms with Gasteiger partial charge in [-0.25, -0.2) is 0 Å². The van der Waals surface area contributed by atoms with Gasteiger partial charge in [0.1, 0.15) is 0 Å². The minimum absolute atomic E-state index is 0.0519. The first-order chi connectivity index (χ1) is 9.63. The van der Waals surface area contributed by atoms with E-state index in [2.05, 4.69) is 10.3 Å². The Morgan fingerprint density at radius 3 is 3.00 bits per heavy atom. The number of nitrogens with zero attached hydrogens (tertiary/aromatic N) is 2. The summed E-state index contributed by atoms with van der Waals surface area (Å²) in [7, 11) is 2.02. The molecule has 0 aliphatic carbocycles. The number of nitrogens with one attached hydrogen (secondary N) is 1. The monoisotopic (exact) mass is 289 g/mol. The van der Waals surface area contributed by atoms with Crippen LogP contribution in [0.1, 0.15) is 6.42 Å². The maximum absolute atomic E-state index is 12.3. The molecule has 1 aliphatic rings. The Kier molecular flexibility index (Phi) is 3.51. The molecule has 1 aromatic heterocycles. The maximum atomic E-state index is 12.3. The number of likely N-dealkylation sites (N-methyl/N-ethyl adjacent to an activating group) is 1. The molecule has 0 unspecified atom stereocenters. The third-order valence-corrected chi connectivity index (χ3v) is 3.74.